The summed E-state index contributed by atoms with van der Waals surface area (Å²) in [4.78, 5) is 30.1. The zero-order valence-corrected chi connectivity index (χ0v) is 16.2. The minimum atomic E-state index is -1.56. The molecule has 13 heteroatoms. The maximum absolute atomic E-state index is 13.3. The van der Waals surface area contributed by atoms with Crippen molar-refractivity contribution in [3.63, 3.8) is 0 Å². The highest BCUT2D eigenvalue weighted by Gasteiger charge is 2.45. The Morgan fingerprint density at radius 1 is 1.17 bits per heavy atom. The van der Waals surface area contributed by atoms with Crippen LogP contribution in [0.25, 0.3) is 11.2 Å². The van der Waals surface area contributed by atoms with Crippen molar-refractivity contribution >= 4 is 28.7 Å². The molecule has 0 spiro atoms. The fraction of sp³-hybridized carbons (Fsp3) is 0.353. The number of fused-ring (bicyclic) bond motifs is 1. The Morgan fingerprint density at radius 3 is 2.43 bits per heavy atom. The van der Waals surface area contributed by atoms with Gasteiger partial charge in [-0.15, -0.1) is 0 Å². The second-order valence-corrected chi connectivity index (χ2v) is 7.35. The molecule has 1 fully saturated rings. The van der Waals surface area contributed by atoms with Gasteiger partial charge in [-0.2, -0.15) is 9.66 Å². The summed E-state index contributed by atoms with van der Waals surface area (Å²) in [6.07, 6.45) is -5.54. The van der Waals surface area contributed by atoms with Crippen LogP contribution in [-0.2, 0) is 11.3 Å². The van der Waals surface area contributed by atoms with Crippen LogP contribution in [0.5, 0.6) is 0 Å². The van der Waals surface area contributed by atoms with Gasteiger partial charge in [0, 0.05) is 5.02 Å². The third-order valence-corrected chi connectivity index (χ3v) is 5.31. The Bertz CT molecular complexity index is 1220. The van der Waals surface area contributed by atoms with E-state index in [2.05, 4.69) is 4.98 Å². The molecule has 1 aromatic carbocycles. The molecule has 3 heterocycles. The number of imidazole rings is 1. The topological polar surface area (TPSA) is 184 Å². The van der Waals surface area contributed by atoms with Crippen LogP contribution in [0.15, 0.2) is 33.9 Å². The number of rotatable bonds is 4. The second kappa shape index (κ2) is 7.41. The Kier molecular flexibility index (Phi) is 5.03. The number of nitrogen functional groups attached to an aromatic ring is 2. The molecule has 2 aromatic heterocycles. The number of nitrogens with zero attached hydrogens (tertiary/aromatic N) is 4. The molecule has 1 aliphatic heterocycles. The van der Waals surface area contributed by atoms with E-state index in [9.17, 15) is 24.9 Å². The summed E-state index contributed by atoms with van der Waals surface area (Å²) in [6.45, 7) is -0.618. The van der Waals surface area contributed by atoms with Crippen LogP contribution in [0, 0.1) is 0 Å². The van der Waals surface area contributed by atoms with Crippen molar-refractivity contribution in [3.8, 4) is 0 Å². The number of hydrogen-bond donors (Lipinski definition) is 5. The first-order chi connectivity index (χ1) is 14.2. The average Bonchev–Trinajstić information content (AvgIpc) is 3.15. The summed E-state index contributed by atoms with van der Waals surface area (Å²) in [5.74, 6) is 5.29. The number of aliphatic hydroxyl groups excluding tert-OH is 3. The molecule has 0 radical (unpaired) electrons. The van der Waals surface area contributed by atoms with E-state index in [1.165, 1.54) is 0 Å². The Morgan fingerprint density at radius 2 is 1.83 bits per heavy atom. The SMILES string of the molecule is Nc1nc2c(c(=O)n1N)n(Cc1ccc(Cl)cc1)c(=O)n2[C@@H]1O[C@H](CO)[C@@H](O)[C@H]1O. The van der Waals surface area contributed by atoms with Crippen LogP contribution in [0.1, 0.15) is 11.8 Å². The van der Waals surface area contributed by atoms with E-state index in [-0.39, 0.29) is 23.7 Å². The van der Waals surface area contributed by atoms with Gasteiger partial charge in [-0.25, -0.2) is 9.36 Å². The number of anilines is 1. The maximum atomic E-state index is 13.3. The minimum absolute atomic E-state index is 0.0326. The van der Waals surface area contributed by atoms with Crippen LogP contribution >= 0.6 is 11.6 Å². The molecule has 0 amide bonds. The monoisotopic (exact) mass is 438 g/mol. The smallest absolute Gasteiger partial charge is 0.333 e. The largest absolute Gasteiger partial charge is 0.394 e. The molecule has 0 saturated carbocycles. The summed E-state index contributed by atoms with van der Waals surface area (Å²) >= 11 is 5.90. The zero-order chi connectivity index (χ0) is 21.7. The second-order valence-electron chi connectivity index (χ2n) is 6.91. The normalized spacial score (nSPS) is 24.0. The molecular formula is C17H19ClN6O6. The Balaban J connectivity index is 1.95. The Hall–Kier alpha value is -2.90. The standard InChI is InChI=1S/C17H19ClN6O6/c18-8-3-1-7(2-4-8)5-22-10-13(21-16(19)24(20)14(10)28)23(17(22)29)15-12(27)11(26)9(6-25)30-15/h1-4,9,11-12,15,25-27H,5-6,20H2,(H2,19,21)/t9-,11-,12-,15-/m1/s1. The highest BCUT2D eigenvalue weighted by Crippen LogP contribution is 2.30. The van der Waals surface area contributed by atoms with Gasteiger partial charge in [0.25, 0.3) is 5.56 Å². The molecule has 3 aromatic rings. The van der Waals surface area contributed by atoms with Crippen molar-refractivity contribution in [1.29, 1.82) is 0 Å². The first kappa shape index (κ1) is 20.4. The van der Waals surface area contributed by atoms with Crippen LogP contribution in [-0.4, -0.2) is 59.0 Å². The third kappa shape index (κ3) is 3.05. The molecule has 0 unspecified atom stereocenters. The quantitative estimate of drug-likeness (QED) is 0.286. The summed E-state index contributed by atoms with van der Waals surface area (Å²) in [5.41, 5.74) is 4.48. The molecule has 30 heavy (non-hydrogen) atoms. The molecule has 1 saturated heterocycles. The van der Waals surface area contributed by atoms with Gasteiger partial charge in [0.1, 0.15) is 18.3 Å². The lowest BCUT2D eigenvalue weighted by Crippen LogP contribution is -2.36. The van der Waals surface area contributed by atoms with Crippen LogP contribution in [0.3, 0.4) is 0 Å². The molecular weight excluding hydrogens is 420 g/mol. The summed E-state index contributed by atoms with van der Waals surface area (Å²) < 4.78 is 8.10. The van der Waals surface area contributed by atoms with Gasteiger partial charge >= 0.3 is 5.69 Å². The van der Waals surface area contributed by atoms with Crippen LogP contribution < -0.4 is 22.8 Å². The minimum Gasteiger partial charge on any atom is -0.394 e. The van der Waals surface area contributed by atoms with Crippen molar-refractivity contribution in [2.24, 2.45) is 0 Å². The highest BCUT2D eigenvalue weighted by molar-refractivity contribution is 6.30. The predicted molar refractivity (Wildman–Crippen MR) is 106 cm³/mol. The number of benzene rings is 1. The lowest BCUT2D eigenvalue weighted by Gasteiger charge is -2.16. The first-order valence-corrected chi connectivity index (χ1v) is 9.27. The molecule has 160 valence electrons. The van der Waals surface area contributed by atoms with Crippen molar-refractivity contribution in [1.82, 2.24) is 18.8 Å². The average molecular weight is 439 g/mol. The van der Waals surface area contributed by atoms with Crippen molar-refractivity contribution in [2.45, 2.75) is 31.1 Å². The van der Waals surface area contributed by atoms with E-state index in [0.29, 0.717) is 15.3 Å². The molecule has 4 atom stereocenters. The van der Waals surface area contributed by atoms with Crippen molar-refractivity contribution < 1.29 is 20.1 Å². The Labute approximate surface area is 173 Å². The summed E-state index contributed by atoms with van der Waals surface area (Å²) in [5, 5.41) is 30.3. The van der Waals surface area contributed by atoms with Gasteiger partial charge in [-0.3, -0.25) is 9.36 Å². The lowest BCUT2D eigenvalue weighted by atomic mass is 10.1. The fourth-order valence-corrected chi connectivity index (χ4v) is 3.62. The van der Waals surface area contributed by atoms with Gasteiger partial charge < -0.3 is 31.6 Å². The number of aromatic nitrogens is 4. The first-order valence-electron chi connectivity index (χ1n) is 8.89. The number of nitrogens with two attached hydrogens (primary N) is 2. The molecule has 1 aliphatic rings. The third-order valence-electron chi connectivity index (χ3n) is 5.06. The number of hydrogen-bond acceptors (Lipinski definition) is 9. The lowest BCUT2D eigenvalue weighted by molar-refractivity contribution is -0.0527. The number of aliphatic hydroxyl groups is 3. The van der Waals surface area contributed by atoms with Gasteiger partial charge in [-0.1, -0.05) is 23.7 Å². The van der Waals surface area contributed by atoms with Crippen molar-refractivity contribution in [2.75, 3.05) is 18.2 Å². The van der Waals surface area contributed by atoms with Gasteiger partial charge in [-0.05, 0) is 17.7 Å². The number of ether oxygens (including phenoxy) is 1. The maximum Gasteiger partial charge on any atom is 0.333 e. The molecule has 0 aliphatic carbocycles. The molecule has 12 nitrogen and oxygen atoms in total. The molecule has 7 N–H and O–H groups in total. The van der Waals surface area contributed by atoms with Crippen LogP contribution in [0.4, 0.5) is 5.95 Å². The van der Waals surface area contributed by atoms with E-state index in [1.54, 1.807) is 24.3 Å². The van der Waals surface area contributed by atoms with Crippen LogP contribution in [0.2, 0.25) is 5.02 Å². The fourth-order valence-electron chi connectivity index (χ4n) is 3.49. The predicted octanol–water partition coefficient (Wildman–Crippen LogP) is -2.03. The van der Waals surface area contributed by atoms with E-state index in [1.807, 2.05) is 0 Å². The van der Waals surface area contributed by atoms with Gasteiger partial charge in [0.2, 0.25) is 5.95 Å². The zero-order valence-electron chi connectivity index (χ0n) is 15.4. The van der Waals surface area contributed by atoms with Crippen molar-refractivity contribution in [3.05, 3.63) is 55.7 Å². The number of halogens is 1. The highest BCUT2D eigenvalue weighted by atomic mass is 35.5. The molecule has 0 bridgehead atoms. The van der Waals surface area contributed by atoms with Gasteiger partial charge in [0.15, 0.2) is 17.4 Å². The summed E-state index contributed by atoms with van der Waals surface area (Å²) in [6, 6.07) is 6.61. The van der Waals surface area contributed by atoms with Gasteiger partial charge in [0.05, 0.1) is 13.2 Å². The molecule has 4 rings (SSSR count). The van der Waals surface area contributed by atoms with E-state index >= 15 is 0 Å². The van der Waals surface area contributed by atoms with E-state index in [4.69, 9.17) is 27.9 Å². The summed E-state index contributed by atoms with van der Waals surface area (Å²) in [7, 11) is 0. The van der Waals surface area contributed by atoms with E-state index in [0.717, 1.165) is 9.13 Å². The van der Waals surface area contributed by atoms with E-state index < -0.39 is 42.4 Å².